The molecule has 0 saturated heterocycles. The molecule has 54 valence electrons. The maximum Gasteiger partial charge on any atom is 0.0658 e. The van der Waals surface area contributed by atoms with Crippen LogP contribution in [0.4, 0.5) is 0 Å². The van der Waals surface area contributed by atoms with Gasteiger partial charge < -0.3 is 5.11 Å². The second-order valence-electron chi connectivity index (χ2n) is 2.49. The van der Waals surface area contributed by atoms with E-state index < -0.39 is 0 Å². The summed E-state index contributed by atoms with van der Waals surface area (Å²) in [5.41, 5.74) is 0. The van der Waals surface area contributed by atoms with Crippen molar-refractivity contribution in [2.45, 2.75) is 37.5 Å². The van der Waals surface area contributed by atoms with E-state index in [9.17, 15) is 5.11 Å². The highest BCUT2D eigenvalue weighted by atomic mass is 32.2. The zero-order valence-electron chi connectivity index (χ0n) is 5.84. The average molecular weight is 146 g/mol. The summed E-state index contributed by atoms with van der Waals surface area (Å²) in [4.78, 5) is 0. The summed E-state index contributed by atoms with van der Waals surface area (Å²) >= 11 is 1.90. The Morgan fingerprint density at radius 2 is 2.33 bits per heavy atom. The van der Waals surface area contributed by atoms with Crippen molar-refractivity contribution in [3.05, 3.63) is 0 Å². The standard InChI is InChI=1S/C7H14OS/c1-2-9-7-5-3-4-6(7)8/h6-8H,2-5H2,1H3/t6-,7-/m0/s1. The SMILES string of the molecule is CCS[C@H]1CCC[C@@H]1O. The summed E-state index contributed by atoms with van der Waals surface area (Å²) in [6.07, 6.45) is 3.46. The summed E-state index contributed by atoms with van der Waals surface area (Å²) in [6.45, 7) is 2.15. The highest BCUT2D eigenvalue weighted by molar-refractivity contribution is 7.99. The third kappa shape index (κ3) is 1.87. The monoisotopic (exact) mass is 146 g/mol. The molecule has 0 unspecified atom stereocenters. The largest absolute Gasteiger partial charge is 0.392 e. The summed E-state index contributed by atoms with van der Waals surface area (Å²) in [6, 6.07) is 0. The van der Waals surface area contributed by atoms with E-state index in [0.717, 1.165) is 12.2 Å². The quantitative estimate of drug-likeness (QED) is 0.639. The first-order valence-electron chi connectivity index (χ1n) is 3.64. The molecular weight excluding hydrogens is 132 g/mol. The first kappa shape index (κ1) is 7.42. The van der Waals surface area contributed by atoms with Gasteiger partial charge in [0.15, 0.2) is 0 Å². The van der Waals surface area contributed by atoms with Gasteiger partial charge in [0.2, 0.25) is 0 Å². The topological polar surface area (TPSA) is 20.2 Å². The molecule has 1 nitrogen and oxygen atoms in total. The van der Waals surface area contributed by atoms with Crippen LogP contribution in [-0.2, 0) is 0 Å². The minimum atomic E-state index is -0.00468. The van der Waals surface area contributed by atoms with Crippen LogP contribution in [0.2, 0.25) is 0 Å². The molecule has 1 fully saturated rings. The summed E-state index contributed by atoms with van der Waals surface area (Å²) in [5, 5.41) is 9.85. The molecule has 1 N–H and O–H groups in total. The lowest BCUT2D eigenvalue weighted by atomic mass is 10.3. The van der Waals surface area contributed by atoms with Gasteiger partial charge >= 0.3 is 0 Å². The molecule has 0 aromatic heterocycles. The maximum absolute atomic E-state index is 9.30. The number of aliphatic hydroxyl groups is 1. The lowest BCUT2D eigenvalue weighted by Gasteiger charge is -2.11. The molecule has 0 radical (unpaired) electrons. The molecule has 9 heavy (non-hydrogen) atoms. The van der Waals surface area contributed by atoms with Crippen LogP contribution in [0.25, 0.3) is 0 Å². The molecular formula is C7H14OS. The molecule has 2 atom stereocenters. The zero-order chi connectivity index (χ0) is 6.69. The van der Waals surface area contributed by atoms with Crippen LogP contribution in [0.1, 0.15) is 26.2 Å². The van der Waals surface area contributed by atoms with Crippen molar-refractivity contribution >= 4 is 11.8 Å². The Bertz CT molecular complexity index is 85.0. The predicted molar refractivity (Wildman–Crippen MR) is 41.8 cm³/mol. The van der Waals surface area contributed by atoms with Crippen molar-refractivity contribution in [3.63, 3.8) is 0 Å². The van der Waals surface area contributed by atoms with Gasteiger partial charge in [-0.05, 0) is 25.0 Å². The van der Waals surface area contributed by atoms with Gasteiger partial charge in [-0.15, -0.1) is 0 Å². The molecule has 0 aromatic carbocycles. The van der Waals surface area contributed by atoms with Crippen molar-refractivity contribution in [2.75, 3.05) is 5.75 Å². The zero-order valence-corrected chi connectivity index (χ0v) is 6.66. The first-order chi connectivity index (χ1) is 4.34. The molecule has 0 aliphatic heterocycles. The fraction of sp³-hybridized carbons (Fsp3) is 1.00. The Labute approximate surface area is 60.8 Å². The van der Waals surface area contributed by atoms with Crippen LogP contribution in [0, 0.1) is 0 Å². The Morgan fingerprint density at radius 3 is 2.78 bits per heavy atom. The van der Waals surface area contributed by atoms with Crippen molar-refractivity contribution in [1.29, 1.82) is 0 Å². The average Bonchev–Trinajstić information content (AvgIpc) is 2.18. The first-order valence-corrected chi connectivity index (χ1v) is 4.69. The van der Waals surface area contributed by atoms with Crippen molar-refractivity contribution in [3.8, 4) is 0 Å². The molecule has 0 aromatic rings. The predicted octanol–water partition coefficient (Wildman–Crippen LogP) is 1.65. The Balaban J connectivity index is 2.22. The third-order valence-electron chi connectivity index (χ3n) is 1.80. The number of thioether (sulfide) groups is 1. The highest BCUT2D eigenvalue weighted by Crippen LogP contribution is 2.29. The second-order valence-corrected chi connectivity index (χ2v) is 4.01. The van der Waals surface area contributed by atoms with E-state index in [1.54, 1.807) is 0 Å². The van der Waals surface area contributed by atoms with Crippen LogP contribution >= 0.6 is 11.8 Å². The molecule has 1 aliphatic rings. The normalized spacial score (nSPS) is 35.3. The Morgan fingerprint density at radius 1 is 1.56 bits per heavy atom. The van der Waals surface area contributed by atoms with E-state index in [4.69, 9.17) is 0 Å². The van der Waals surface area contributed by atoms with Gasteiger partial charge in [0, 0.05) is 5.25 Å². The van der Waals surface area contributed by atoms with Gasteiger partial charge in [-0.2, -0.15) is 11.8 Å². The Hall–Kier alpha value is 0.310. The third-order valence-corrected chi connectivity index (χ3v) is 3.11. The van der Waals surface area contributed by atoms with E-state index in [0.29, 0.717) is 5.25 Å². The molecule has 2 heteroatoms. The number of hydrogen-bond donors (Lipinski definition) is 1. The smallest absolute Gasteiger partial charge is 0.0658 e. The van der Waals surface area contributed by atoms with Gasteiger partial charge in [0.25, 0.3) is 0 Å². The fourth-order valence-electron chi connectivity index (χ4n) is 1.31. The molecule has 0 bridgehead atoms. The van der Waals surface area contributed by atoms with E-state index in [1.165, 1.54) is 12.8 Å². The van der Waals surface area contributed by atoms with Crippen LogP contribution < -0.4 is 0 Å². The molecule has 1 saturated carbocycles. The molecule has 0 heterocycles. The van der Waals surface area contributed by atoms with Crippen LogP contribution in [0.5, 0.6) is 0 Å². The van der Waals surface area contributed by atoms with E-state index >= 15 is 0 Å². The summed E-state index contributed by atoms with van der Waals surface area (Å²) in [5.74, 6) is 1.14. The number of aliphatic hydroxyl groups excluding tert-OH is 1. The minimum Gasteiger partial charge on any atom is -0.392 e. The van der Waals surface area contributed by atoms with Crippen LogP contribution in [-0.4, -0.2) is 22.2 Å². The van der Waals surface area contributed by atoms with Crippen molar-refractivity contribution in [1.82, 2.24) is 0 Å². The second kappa shape index (κ2) is 3.47. The number of rotatable bonds is 2. The van der Waals surface area contributed by atoms with Gasteiger partial charge in [-0.3, -0.25) is 0 Å². The van der Waals surface area contributed by atoms with Crippen LogP contribution in [0.15, 0.2) is 0 Å². The summed E-state index contributed by atoms with van der Waals surface area (Å²) in [7, 11) is 0. The van der Waals surface area contributed by atoms with E-state index in [1.807, 2.05) is 11.8 Å². The summed E-state index contributed by atoms with van der Waals surface area (Å²) < 4.78 is 0. The molecule has 1 aliphatic carbocycles. The maximum atomic E-state index is 9.30. The van der Waals surface area contributed by atoms with Crippen LogP contribution in [0.3, 0.4) is 0 Å². The van der Waals surface area contributed by atoms with Crippen molar-refractivity contribution in [2.24, 2.45) is 0 Å². The van der Waals surface area contributed by atoms with Gasteiger partial charge in [-0.1, -0.05) is 6.92 Å². The molecule has 0 amide bonds. The molecule has 1 rings (SSSR count). The molecule has 0 spiro atoms. The van der Waals surface area contributed by atoms with Gasteiger partial charge in [-0.25, -0.2) is 0 Å². The lowest BCUT2D eigenvalue weighted by Crippen LogP contribution is -2.15. The number of hydrogen-bond acceptors (Lipinski definition) is 2. The lowest BCUT2D eigenvalue weighted by molar-refractivity contribution is 0.188. The van der Waals surface area contributed by atoms with E-state index in [2.05, 4.69) is 6.92 Å². The van der Waals surface area contributed by atoms with E-state index in [-0.39, 0.29) is 6.10 Å². The Kier molecular flexibility index (Phi) is 2.86. The van der Waals surface area contributed by atoms with Gasteiger partial charge in [0.05, 0.1) is 6.10 Å². The minimum absolute atomic E-state index is 0.00468. The highest BCUT2D eigenvalue weighted by Gasteiger charge is 2.24. The van der Waals surface area contributed by atoms with Crippen molar-refractivity contribution < 1.29 is 5.11 Å². The van der Waals surface area contributed by atoms with Gasteiger partial charge in [0.1, 0.15) is 0 Å². The fourth-order valence-corrected chi connectivity index (χ4v) is 2.43.